The van der Waals surface area contributed by atoms with Crippen LogP contribution < -0.4 is 20.1 Å². The number of anilines is 1. The second-order valence-corrected chi connectivity index (χ2v) is 8.98. The fraction of sp³-hybridized carbons (Fsp3) is 0.333. The lowest BCUT2D eigenvalue weighted by Crippen LogP contribution is -2.41. The van der Waals surface area contributed by atoms with Gasteiger partial charge < -0.3 is 25.0 Å². The van der Waals surface area contributed by atoms with Crippen LogP contribution in [0.4, 0.5) is 5.69 Å². The zero-order valence-electron chi connectivity index (χ0n) is 20.8. The number of aryl methyl sites for hydroxylation is 1. The molecule has 0 spiro atoms. The molecule has 3 aromatic rings. The number of aromatic nitrogens is 2. The molecule has 9 nitrogen and oxygen atoms in total. The van der Waals surface area contributed by atoms with E-state index in [-0.39, 0.29) is 18.6 Å². The molecule has 0 bridgehead atoms. The monoisotopic (exact) mass is 489 g/mol. The van der Waals surface area contributed by atoms with Gasteiger partial charge in [-0.3, -0.25) is 9.59 Å². The van der Waals surface area contributed by atoms with Gasteiger partial charge in [-0.25, -0.2) is 4.98 Å². The molecule has 9 heteroatoms. The van der Waals surface area contributed by atoms with E-state index in [4.69, 9.17) is 15.2 Å². The van der Waals surface area contributed by atoms with Gasteiger partial charge in [-0.15, -0.1) is 0 Å². The van der Waals surface area contributed by atoms with Gasteiger partial charge in [-0.05, 0) is 62.6 Å². The van der Waals surface area contributed by atoms with Crippen molar-refractivity contribution < 1.29 is 19.1 Å². The van der Waals surface area contributed by atoms with Crippen molar-refractivity contribution in [2.75, 3.05) is 32.1 Å². The number of carbonyl (C=O) groups is 2. The summed E-state index contributed by atoms with van der Waals surface area (Å²) in [6, 6.07) is 15.6. The highest BCUT2D eigenvalue weighted by Gasteiger charge is 2.31. The number of hydrogen-bond donors (Lipinski definition) is 1. The fourth-order valence-electron chi connectivity index (χ4n) is 4.15. The fourth-order valence-corrected chi connectivity index (χ4v) is 4.15. The smallest absolute Gasteiger partial charge is 0.261 e. The van der Waals surface area contributed by atoms with E-state index in [1.807, 2.05) is 50.2 Å². The molecule has 1 saturated heterocycles. The van der Waals surface area contributed by atoms with E-state index in [0.29, 0.717) is 35.3 Å². The second kappa shape index (κ2) is 11.1. The number of benzene rings is 2. The lowest BCUT2D eigenvalue weighted by Gasteiger charge is -2.34. The number of amides is 2. The van der Waals surface area contributed by atoms with Crippen LogP contribution in [0.2, 0.25) is 0 Å². The highest BCUT2D eigenvalue weighted by Crippen LogP contribution is 2.31. The molecule has 0 radical (unpaired) electrons. The largest absolute Gasteiger partial charge is 0.484 e. The summed E-state index contributed by atoms with van der Waals surface area (Å²) in [6.45, 7) is 2.42. The van der Waals surface area contributed by atoms with Crippen LogP contribution >= 0.6 is 0 Å². The Morgan fingerprint density at radius 2 is 1.83 bits per heavy atom. The third kappa shape index (κ3) is 6.10. The van der Waals surface area contributed by atoms with Crippen LogP contribution in [0.15, 0.2) is 54.6 Å². The van der Waals surface area contributed by atoms with Crippen LogP contribution in [-0.4, -0.2) is 53.9 Å². The molecule has 0 aliphatic carbocycles. The molecule has 36 heavy (non-hydrogen) atoms. The summed E-state index contributed by atoms with van der Waals surface area (Å²) in [6.07, 6.45) is 2.65. The molecule has 188 valence electrons. The topological polar surface area (TPSA) is 111 Å². The first-order valence-corrected chi connectivity index (χ1v) is 11.9. The number of ether oxygens (including phenoxy) is 2. The minimum absolute atomic E-state index is 0.0607. The molecule has 4 rings (SSSR count). The van der Waals surface area contributed by atoms with Gasteiger partial charge in [0.2, 0.25) is 11.8 Å². The summed E-state index contributed by atoms with van der Waals surface area (Å²) in [5.74, 6) is 1.48. The minimum Gasteiger partial charge on any atom is -0.484 e. The predicted octanol–water partition coefficient (Wildman–Crippen LogP) is 3.87. The van der Waals surface area contributed by atoms with Gasteiger partial charge in [0, 0.05) is 49.7 Å². The average molecular weight is 490 g/mol. The summed E-state index contributed by atoms with van der Waals surface area (Å²) in [4.78, 5) is 37.5. The number of nitrogens with zero attached hydrogens (tertiary/aromatic N) is 4. The Kier molecular flexibility index (Phi) is 7.68. The lowest BCUT2D eigenvalue weighted by molar-refractivity contribution is -0.137. The van der Waals surface area contributed by atoms with Crippen molar-refractivity contribution in [3.05, 3.63) is 71.7 Å². The van der Waals surface area contributed by atoms with Gasteiger partial charge in [0.15, 0.2) is 12.4 Å². The third-order valence-electron chi connectivity index (χ3n) is 6.03. The summed E-state index contributed by atoms with van der Waals surface area (Å²) < 4.78 is 11.8. The Morgan fingerprint density at radius 1 is 1.06 bits per heavy atom. The van der Waals surface area contributed by atoms with Crippen molar-refractivity contribution in [2.45, 2.75) is 32.2 Å². The number of carbonyl (C=O) groups excluding carboxylic acids is 2. The average Bonchev–Trinajstić information content (AvgIpc) is 2.87. The van der Waals surface area contributed by atoms with E-state index in [1.165, 1.54) is 0 Å². The van der Waals surface area contributed by atoms with Gasteiger partial charge in [0.1, 0.15) is 11.5 Å². The van der Waals surface area contributed by atoms with Gasteiger partial charge >= 0.3 is 0 Å². The van der Waals surface area contributed by atoms with E-state index in [2.05, 4.69) is 9.97 Å². The maximum Gasteiger partial charge on any atom is 0.261 e. The Bertz CT molecular complexity index is 1230. The predicted molar refractivity (Wildman–Crippen MR) is 136 cm³/mol. The Hall–Kier alpha value is -4.14. The number of hydrogen-bond acceptors (Lipinski definition) is 7. The first-order valence-electron chi connectivity index (χ1n) is 11.9. The van der Waals surface area contributed by atoms with Gasteiger partial charge in [0.05, 0.1) is 6.04 Å². The Labute approximate surface area is 210 Å². The molecule has 1 aromatic heterocycles. The van der Waals surface area contributed by atoms with Gasteiger partial charge in [-0.2, -0.15) is 4.98 Å². The van der Waals surface area contributed by atoms with Crippen LogP contribution in [0, 0.1) is 6.92 Å². The SMILES string of the molecule is Cc1cc(Oc2ccc(C(N)=O)cc2)nc([C@@H]2CCCCN2C(=O)COc2cccc(N(C)C)c2)n1. The maximum absolute atomic E-state index is 13.2. The number of likely N-dealkylation sites (tertiary alicyclic amines) is 1. The molecule has 1 aliphatic heterocycles. The van der Waals surface area contributed by atoms with Crippen LogP contribution in [0.25, 0.3) is 0 Å². The van der Waals surface area contributed by atoms with E-state index in [1.54, 1.807) is 35.2 Å². The number of piperidine rings is 1. The summed E-state index contributed by atoms with van der Waals surface area (Å²) in [7, 11) is 3.91. The van der Waals surface area contributed by atoms with Gasteiger partial charge in [-0.1, -0.05) is 6.07 Å². The maximum atomic E-state index is 13.2. The normalized spacial score (nSPS) is 15.3. The molecule has 2 amide bonds. The molecule has 2 aromatic carbocycles. The van der Waals surface area contributed by atoms with Gasteiger partial charge in [0.25, 0.3) is 5.91 Å². The first kappa shape index (κ1) is 25.0. The molecule has 0 unspecified atom stereocenters. The van der Waals surface area contributed by atoms with Crippen LogP contribution in [0.5, 0.6) is 17.4 Å². The second-order valence-electron chi connectivity index (χ2n) is 8.98. The molecular weight excluding hydrogens is 458 g/mol. The molecule has 1 fully saturated rings. The van der Waals surface area contributed by atoms with Crippen LogP contribution in [0.3, 0.4) is 0 Å². The highest BCUT2D eigenvalue weighted by atomic mass is 16.5. The van der Waals surface area contributed by atoms with Crippen molar-refractivity contribution in [3.8, 4) is 17.4 Å². The highest BCUT2D eigenvalue weighted by molar-refractivity contribution is 5.92. The van der Waals surface area contributed by atoms with E-state index in [0.717, 1.165) is 30.6 Å². The first-order chi connectivity index (χ1) is 17.3. The molecular formula is C27H31N5O4. The number of rotatable bonds is 8. The summed E-state index contributed by atoms with van der Waals surface area (Å²) in [5, 5.41) is 0. The zero-order chi connectivity index (χ0) is 25.7. The third-order valence-corrected chi connectivity index (χ3v) is 6.03. The van der Waals surface area contributed by atoms with Crippen molar-refractivity contribution in [3.63, 3.8) is 0 Å². The van der Waals surface area contributed by atoms with E-state index >= 15 is 0 Å². The summed E-state index contributed by atoms with van der Waals surface area (Å²) >= 11 is 0. The van der Waals surface area contributed by atoms with Crippen molar-refractivity contribution in [1.29, 1.82) is 0 Å². The molecule has 1 aliphatic rings. The molecule has 0 saturated carbocycles. The van der Waals surface area contributed by atoms with Crippen molar-refractivity contribution >= 4 is 17.5 Å². The number of nitrogens with two attached hydrogens (primary N) is 1. The molecule has 2 heterocycles. The van der Waals surface area contributed by atoms with Crippen molar-refractivity contribution in [2.24, 2.45) is 5.73 Å². The zero-order valence-corrected chi connectivity index (χ0v) is 20.8. The molecule has 2 N–H and O–H groups in total. The van der Waals surface area contributed by atoms with Crippen LogP contribution in [0.1, 0.15) is 47.2 Å². The van der Waals surface area contributed by atoms with E-state index < -0.39 is 5.91 Å². The Balaban J connectivity index is 1.48. The minimum atomic E-state index is -0.502. The standard InChI is InChI=1S/C27H31N5O4/c1-18-15-24(36-21-12-10-19(11-13-21)26(28)34)30-27(29-18)23-9-4-5-14-32(23)25(33)17-35-22-8-6-7-20(16-22)31(2)3/h6-8,10-13,15-16,23H,4-5,9,14,17H2,1-3H3,(H2,28,34)/t23-/m0/s1. The quantitative estimate of drug-likeness (QED) is 0.511. The van der Waals surface area contributed by atoms with E-state index in [9.17, 15) is 9.59 Å². The molecule has 1 atom stereocenters. The summed E-state index contributed by atoms with van der Waals surface area (Å²) in [5.41, 5.74) is 7.44. The number of primary amides is 1. The lowest BCUT2D eigenvalue weighted by atomic mass is 10.0. The van der Waals surface area contributed by atoms with Crippen molar-refractivity contribution in [1.82, 2.24) is 14.9 Å². The Morgan fingerprint density at radius 3 is 2.56 bits per heavy atom. The van der Waals surface area contributed by atoms with Crippen LogP contribution in [-0.2, 0) is 4.79 Å².